The Morgan fingerprint density at radius 2 is 1.74 bits per heavy atom. The number of nitrogens with two attached hydrogens (primary N) is 1. The van der Waals surface area contributed by atoms with Crippen molar-refractivity contribution in [3.63, 3.8) is 0 Å². The van der Waals surface area contributed by atoms with E-state index < -0.39 is 39.3 Å². The molecule has 0 aromatic heterocycles. The second-order valence-electron chi connectivity index (χ2n) is 5.32. The molecule has 0 spiro atoms. The minimum Gasteiger partial charge on any atom is -0.452 e. The Balaban J connectivity index is 1.98. The van der Waals surface area contributed by atoms with E-state index in [1.807, 2.05) is 0 Å². The molecule has 0 unspecified atom stereocenters. The van der Waals surface area contributed by atoms with Gasteiger partial charge in [-0.05, 0) is 36.4 Å². The number of sulfonamides is 1. The number of amides is 1. The summed E-state index contributed by atoms with van der Waals surface area (Å²) in [5.41, 5.74) is 0.457. The third-order valence-electron chi connectivity index (χ3n) is 3.42. The van der Waals surface area contributed by atoms with Crippen molar-refractivity contribution in [3.8, 4) is 0 Å². The predicted molar refractivity (Wildman–Crippen MR) is 100 cm³/mol. The normalized spacial score (nSPS) is 12.2. The first-order valence-electron chi connectivity index (χ1n) is 7.79. The maximum Gasteiger partial charge on any atom is 0.339 e. The van der Waals surface area contributed by atoms with Crippen molar-refractivity contribution in [1.29, 1.82) is 0 Å². The lowest BCUT2D eigenvalue weighted by molar-refractivity contribution is -0.119. The molecule has 1 atom stereocenters. The predicted octanol–water partition coefficient (Wildman–Crippen LogP) is 1.26. The van der Waals surface area contributed by atoms with Gasteiger partial charge in [0.2, 0.25) is 10.0 Å². The molecule has 2 aromatic rings. The molecule has 1 amide bonds. The van der Waals surface area contributed by atoms with Crippen molar-refractivity contribution in [2.45, 2.75) is 16.7 Å². The van der Waals surface area contributed by atoms with E-state index in [4.69, 9.17) is 9.88 Å². The minimum atomic E-state index is -3.82. The molecule has 0 saturated carbocycles. The molecule has 2 rings (SSSR count). The van der Waals surface area contributed by atoms with Crippen LogP contribution in [0, 0.1) is 0 Å². The summed E-state index contributed by atoms with van der Waals surface area (Å²) in [5.74, 6) is -1.02. The first kappa shape index (κ1) is 20.7. The number of primary sulfonamides is 1. The van der Waals surface area contributed by atoms with Gasteiger partial charge < -0.3 is 10.1 Å². The zero-order chi connectivity index (χ0) is 20.0. The monoisotopic (exact) mass is 410 g/mol. The number of esters is 1. The SMILES string of the molecule is CC[S@@](=O)c1ccccc1C(=O)OCC(=O)Nc1ccc(S(N)(=O)=O)cc1. The third-order valence-corrected chi connectivity index (χ3v) is 5.72. The van der Waals surface area contributed by atoms with Gasteiger partial charge in [0, 0.05) is 11.4 Å². The average Bonchev–Trinajstić information content (AvgIpc) is 2.65. The van der Waals surface area contributed by atoms with E-state index >= 15 is 0 Å². The molecule has 10 heteroatoms. The van der Waals surface area contributed by atoms with E-state index in [2.05, 4.69) is 5.32 Å². The smallest absolute Gasteiger partial charge is 0.339 e. The number of hydrogen-bond donors (Lipinski definition) is 2. The molecule has 8 nitrogen and oxygen atoms in total. The van der Waals surface area contributed by atoms with Crippen LogP contribution in [0.2, 0.25) is 0 Å². The van der Waals surface area contributed by atoms with E-state index in [1.165, 1.54) is 30.3 Å². The van der Waals surface area contributed by atoms with Crippen molar-refractivity contribution in [1.82, 2.24) is 0 Å². The third kappa shape index (κ3) is 5.71. The fourth-order valence-electron chi connectivity index (χ4n) is 2.12. The standard InChI is InChI=1S/C17H18N2O6S2/c1-2-26(22)15-6-4-3-5-14(15)17(21)25-11-16(20)19-12-7-9-13(10-8-12)27(18,23)24/h3-10H,2,11H2,1H3,(H,19,20)(H2,18,23,24)/t26-/m1/s1. The maximum atomic E-state index is 12.2. The Kier molecular flexibility index (Phi) is 6.83. The molecule has 144 valence electrons. The molecule has 0 aliphatic heterocycles. The Bertz CT molecular complexity index is 971. The Morgan fingerprint density at radius 1 is 1.11 bits per heavy atom. The van der Waals surface area contributed by atoms with Crippen LogP contribution in [0.5, 0.6) is 0 Å². The van der Waals surface area contributed by atoms with Gasteiger partial charge in [-0.25, -0.2) is 18.4 Å². The van der Waals surface area contributed by atoms with Gasteiger partial charge in [-0.1, -0.05) is 19.1 Å². The van der Waals surface area contributed by atoms with Gasteiger partial charge in [-0.15, -0.1) is 0 Å². The Labute approximate surface area is 159 Å². The first-order valence-corrected chi connectivity index (χ1v) is 10.7. The van der Waals surface area contributed by atoms with Crippen LogP contribution < -0.4 is 10.5 Å². The molecule has 2 aromatic carbocycles. The number of carbonyl (C=O) groups excluding carboxylic acids is 2. The summed E-state index contributed by atoms with van der Waals surface area (Å²) in [4.78, 5) is 24.4. The molecule has 27 heavy (non-hydrogen) atoms. The molecule has 0 saturated heterocycles. The van der Waals surface area contributed by atoms with Gasteiger partial charge in [0.1, 0.15) is 0 Å². The van der Waals surface area contributed by atoms with Gasteiger partial charge in [0.25, 0.3) is 5.91 Å². The van der Waals surface area contributed by atoms with Crippen LogP contribution in [0.25, 0.3) is 0 Å². The number of anilines is 1. The highest BCUT2D eigenvalue weighted by molar-refractivity contribution is 7.89. The van der Waals surface area contributed by atoms with Crippen LogP contribution in [0.4, 0.5) is 5.69 Å². The fourth-order valence-corrected chi connectivity index (χ4v) is 3.58. The summed E-state index contributed by atoms with van der Waals surface area (Å²) < 4.78 is 39.3. The summed E-state index contributed by atoms with van der Waals surface area (Å²) in [6.07, 6.45) is 0. The highest BCUT2D eigenvalue weighted by Gasteiger charge is 2.17. The summed E-state index contributed by atoms with van der Waals surface area (Å²) in [5, 5.41) is 7.46. The van der Waals surface area contributed by atoms with Crippen molar-refractivity contribution in [2.75, 3.05) is 17.7 Å². The molecule has 0 aliphatic rings. The molecule has 0 fully saturated rings. The van der Waals surface area contributed by atoms with Crippen LogP contribution in [0.1, 0.15) is 17.3 Å². The lowest BCUT2D eigenvalue weighted by Gasteiger charge is -2.09. The Hall–Kier alpha value is -2.56. The molecule has 0 radical (unpaired) electrons. The number of rotatable bonds is 7. The fraction of sp³-hybridized carbons (Fsp3) is 0.176. The van der Waals surface area contributed by atoms with Crippen LogP contribution >= 0.6 is 0 Å². The largest absolute Gasteiger partial charge is 0.452 e. The van der Waals surface area contributed by atoms with Crippen LogP contribution in [-0.2, 0) is 30.4 Å². The van der Waals surface area contributed by atoms with Crippen molar-refractivity contribution in [2.24, 2.45) is 5.14 Å². The number of nitrogens with one attached hydrogen (secondary N) is 1. The molecule has 0 heterocycles. The lowest BCUT2D eigenvalue weighted by Crippen LogP contribution is -2.21. The summed E-state index contributed by atoms with van der Waals surface area (Å²) >= 11 is 0. The average molecular weight is 410 g/mol. The van der Waals surface area contributed by atoms with Gasteiger partial charge in [0.05, 0.1) is 26.2 Å². The zero-order valence-electron chi connectivity index (χ0n) is 14.4. The van der Waals surface area contributed by atoms with E-state index in [0.29, 0.717) is 16.3 Å². The highest BCUT2D eigenvalue weighted by Crippen LogP contribution is 2.16. The van der Waals surface area contributed by atoms with Gasteiger partial charge >= 0.3 is 5.97 Å². The maximum absolute atomic E-state index is 12.2. The van der Waals surface area contributed by atoms with Crippen molar-refractivity contribution < 1.29 is 27.0 Å². The Morgan fingerprint density at radius 3 is 2.33 bits per heavy atom. The van der Waals surface area contributed by atoms with E-state index in [1.54, 1.807) is 25.1 Å². The number of ether oxygens (including phenoxy) is 1. The van der Waals surface area contributed by atoms with Crippen LogP contribution in [0.3, 0.4) is 0 Å². The van der Waals surface area contributed by atoms with E-state index in [9.17, 15) is 22.2 Å². The lowest BCUT2D eigenvalue weighted by atomic mass is 10.2. The second-order valence-corrected chi connectivity index (χ2v) is 8.59. The minimum absolute atomic E-state index is 0.0903. The van der Waals surface area contributed by atoms with E-state index in [0.717, 1.165) is 0 Å². The topological polar surface area (TPSA) is 133 Å². The first-order chi connectivity index (χ1) is 12.7. The van der Waals surface area contributed by atoms with E-state index in [-0.39, 0.29) is 10.5 Å². The molecule has 3 N–H and O–H groups in total. The van der Waals surface area contributed by atoms with Crippen molar-refractivity contribution in [3.05, 3.63) is 54.1 Å². The van der Waals surface area contributed by atoms with Gasteiger partial charge in [-0.3, -0.25) is 9.00 Å². The summed E-state index contributed by atoms with van der Waals surface area (Å²) in [6, 6.07) is 11.5. The quantitative estimate of drug-likeness (QED) is 0.660. The zero-order valence-corrected chi connectivity index (χ0v) is 16.0. The molecule has 0 aliphatic carbocycles. The summed E-state index contributed by atoms with van der Waals surface area (Å²) in [7, 11) is -5.16. The van der Waals surface area contributed by atoms with Gasteiger partial charge in [0.15, 0.2) is 6.61 Å². The molecular formula is C17H18N2O6S2. The van der Waals surface area contributed by atoms with Gasteiger partial charge in [-0.2, -0.15) is 0 Å². The second kappa shape index (κ2) is 8.89. The van der Waals surface area contributed by atoms with Crippen molar-refractivity contribution >= 4 is 38.4 Å². The highest BCUT2D eigenvalue weighted by atomic mass is 32.2. The number of carbonyl (C=O) groups is 2. The molecule has 0 bridgehead atoms. The molecular weight excluding hydrogens is 392 g/mol. The summed E-state index contributed by atoms with van der Waals surface area (Å²) in [6.45, 7) is 1.18. The number of benzene rings is 2. The van der Waals surface area contributed by atoms with Crippen LogP contribution in [-0.4, -0.2) is 36.9 Å². The number of hydrogen-bond acceptors (Lipinski definition) is 6. The van der Waals surface area contributed by atoms with Crippen LogP contribution in [0.15, 0.2) is 58.3 Å².